The molecular weight excluding hydrogens is 269 g/mol. The van der Waals surface area contributed by atoms with E-state index in [2.05, 4.69) is 5.32 Å². The van der Waals surface area contributed by atoms with Crippen molar-refractivity contribution in [1.29, 1.82) is 0 Å². The third kappa shape index (κ3) is 3.52. The molecule has 0 saturated heterocycles. The Hall–Kier alpha value is -2.07. The number of rotatable bonds is 6. The molecule has 1 N–H and O–H groups in total. The van der Waals surface area contributed by atoms with Crippen LogP contribution >= 0.6 is 0 Å². The average molecular weight is 289 g/mol. The Balaban J connectivity index is 2.41. The van der Waals surface area contributed by atoms with Crippen LogP contribution in [0.4, 0.5) is 4.39 Å². The van der Waals surface area contributed by atoms with E-state index in [1.807, 2.05) is 31.2 Å². The first kappa shape index (κ1) is 15.3. The second kappa shape index (κ2) is 7.09. The molecule has 0 spiro atoms. The Morgan fingerprint density at radius 3 is 2.52 bits per heavy atom. The molecule has 0 unspecified atom stereocenters. The van der Waals surface area contributed by atoms with Crippen molar-refractivity contribution in [2.45, 2.75) is 13.5 Å². The molecule has 2 rings (SSSR count). The summed E-state index contributed by atoms with van der Waals surface area (Å²) in [5, 5.41) is 3.14. The molecule has 0 amide bonds. The lowest BCUT2D eigenvalue weighted by atomic mass is 10.0. The van der Waals surface area contributed by atoms with Gasteiger partial charge >= 0.3 is 0 Å². The van der Waals surface area contributed by atoms with Gasteiger partial charge in [0.25, 0.3) is 0 Å². The van der Waals surface area contributed by atoms with E-state index >= 15 is 0 Å². The summed E-state index contributed by atoms with van der Waals surface area (Å²) in [5.41, 5.74) is 2.48. The Bertz CT molecular complexity index is 614. The van der Waals surface area contributed by atoms with Gasteiger partial charge < -0.3 is 14.8 Å². The van der Waals surface area contributed by atoms with Crippen LogP contribution in [0.15, 0.2) is 36.4 Å². The zero-order chi connectivity index (χ0) is 15.2. The molecule has 0 aliphatic carbocycles. The third-order valence-electron chi connectivity index (χ3n) is 3.33. The topological polar surface area (TPSA) is 30.5 Å². The molecule has 0 aliphatic rings. The molecule has 0 aromatic heterocycles. The largest absolute Gasteiger partial charge is 0.497 e. The van der Waals surface area contributed by atoms with E-state index in [1.54, 1.807) is 20.3 Å². The van der Waals surface area contributed by atoms with Crippen molar-refractivity contribution in [3.05, 3.63) is 47.8 Å². The summed E-state index contributed by atoms with van der Waals surface area (Å²) >= 11 is 0. The number of methoxy groups -OCH3 is 2. The molecule has 112 valence electrons. The van der Waals surface area contributed by atoms with E-state index in [0.717, 1.165) is 23.4 Å². The second-order valence-electron chi connectivity index (χ2n) is 4.65. The van der Waals surface area contributed by atoms with Crippen molar-refractivity contribution in [1.82, 2.24) is 5.32 Å². The molecule has 0 heterocycles. The molecule has 21 heavy (non-hydrogen) atoms. The Morgan fingerprint density at radius 2 is 1.86 bits per heavy atom. The first-order chi connectivity index (χ1) is 10.2. The Morgan fingerprint density at radius 1 is 1.05 bits per heavy atom. The fourth-order valence-corrected chi connectivity index (χ4v) is 2.17. The minimum absolute atomic E-state index is 0.202. The summed E-state index contributed by atoms with van der Waals surface area (Å²) in [5.74, 6) is 1.23. The molecule has 0 atom stereocenters. The van der Waals surface area contributed by atoms with Crippen LogP contribution in [-0.2, 0) is 6.54 Å². The number of hydrogen-bond donors (Lipinski definition) is 1. The molecule has 0 saturated carbocycles. The zero-order valence-electron chi connectivity index (χ0n) is 12.6. The molecular formula is C17H20FNO2. The minimum Gasteiger partial charge on any atom is -0.497 e. The van der Waals surface area contributed by atoms with E-state index < -0.39 is 0 Å². The molecule has 2 aromatic rings. The van der Waals surface area contributed by atoms with Crippen LogP contribution in [-0.4, -0.2) is 20.8 Å². The van der Waals surface area contributed by atoms with E-state index in [9.17, 15) is 4.39 Å². The van der Waals surface area contributed by atoms with Crippen LogP contribution in [0.2, 0.25) is 0 Å². The summed E-state index contributed by atoms with van der Waals surface area (Å²) < 4.78 is 24.4. The average Bonchev–Trinajstić information content (AvgIpc) is 2.53. The van der Waals surface area contributed by atoms with Crippen LogP contribution in [0, 0.1) is 5.82 Å². The number of hydrogen-bond acceptors (Lipinski definition) is 3. The van der Waals surface area contributed by atoms with Crippen molar-refractivity contribution in [3.8, 4) is 22.6 Å². The van der Waals surface area contributed by atoms with Gasteiger partial charge in [0.05, 0.1) is 14.2 Å². The molecule has 2 aromatic carbocycles. The highest BCUT2D eigenvalue weighted by atomic mass is 19.1. The van der Waals surface area contributed by atoms with E-state index in [4.69, 9.17) is 9.47 Å². The van der Waals surface area contributed by atoms with Gasteiger partial charge in [0.15, 0.2) is 0 Å². The van der Waals surface area contributed by atoms with Crippen LogP contribution in [0.5, 0.6) is 11.5 Å². The van der Waals surface area contributed by atoms with Crippen molar-refractivity contribution < 1.29 is 13.9 Å². The zero-order valence-corrected chi connectivity index (χ0v) is 12.6. The minimum atomic E-state index is -0.202. The first-order valence-electron chi connectivity index (χ1n) is 6.91. The number of benzene rings is 2. The van der Waals surface area contributed by atoms with Gasteiger partial charge in [-0.05, 0) is 36.4 Å². The highest BCUT2D eigenvalue weighted by Crippen LogP contribution is 2.34. The lowest BCUT2D eigenvalue weighted by Crippen LogP contribution is -2.13. The number of halogens is 1. The monoisotopic (exact) mass is 289 g/mol. The summed E-state index contributed by atoms with van der Waals surface area (Å²) in [6.07, 6.45) is 0. The SMILES string of the molecule is CCNCc1cc(-c2ccc(OC)cc2OC)ccc1F. The summed E-state index contributed by atoms with van der Waals surface area (Å²) in [6, 6.07) is 10.7. The van der Waals surface area contributed by atoms with Gasteiger partial charge in [-0.15, -0.1) is 0 Å². The third-order valence-corrected chi connectivity index (χ3v) is 3.33. The fourth-order valence-electron chi connectivity index (χ4n) is 2.17. The smallest absolute Gasteiger partial charge is 0.130 e. The standard InChI is InChI=1S/C17H20FNO2/c1-4-19-11-13-9-12(5-8-16(13)18)15-7-6-14(20-2)10-17(15)21-3/h5-10,19H,4,11H2,1-3H3. The Kier molecular flexibility index (Phi) is 5.17. The van der Waals surface area contributed by atoms with Gasteiger partial charge in [-0.25, -0.2) is 4.39 Å². The normalized spacial score (nSPS) is 10.5. The fraction of sp³-hybridized carbons (Fsp3) is 0.294. The molecule has 0 bridgehead atoms. The first-order valence-corrected chi connectivity index (χ1v) is 6.91. The Labute approximate surface area is 124 Å². The van der Waals surface area contributed by atoms with Crippen LogP contribution in [0.25, 0.3) is 11.1 Å². The van der Waals surface area contributed by atoms with Crippen molar-refractivity contribution in [3.63, 3.8) is 0 Å². The van der Waals surface area contributed by atoms with Crippen molar-refractivity contribution in [2.24, 2.45) is 0 Å². The van der Waals surface area contributed by atoms with E-state index in [-0.39, 0.29) is 5.82 Å². The molecule has 0 aliphatic heterocycles. The lowest BCUT2D eigenvalue weighted by Gasteiger charge is -2.12. The molecule has 4 heteroatoms. The van der Waals surface area contributed by atoms with Crippen LogP contribution < -0.4 is 14.8 Å². The molecule has 0 radical (unpaired) electrons. The summed E-state index contributed by atoms with van der Waals surface area (Å²) in [7, 11) is 3.22. The lowest BCUT2D eigenvalue weighted by molar-refractivity contribution is 0.395. The van der Waals surface area contributed by atoms with Gasteiger partial charge in [0.1, 0.15) is 17.3 Å². The maximum Gasteiger partial charge on any atom is 0.130 e. The van der Waals surface area contributed by atoms with Crippen LogP contribution in [0.3, 0.4) is 0 Å². The van der Waals surface area contributed by atoms with Gasteiger partial charge in [-0.2, -0.15) is 0 Å². The van der Waals surface area contributed by atoms with Gasteiger partial charge in [0, 0.05) is 23.7 Å². The molecule has 3 nitrogen and oxygen atoms in total. The van der Waals surface area contributed by atoms with Gasteiger partial charge in [-0.3, -0.25) is 0 Å². The maximum atomic E-state index is 13.8. The highest BCUT2D eigenvalue weighted by molar-refractivity contribution is 5.72. The number of ether oxygens (including phenoxy) is 2. The summed E-state index contributed by atoms with van der Waals surface area (Å²) in [4.78, 5) is 0. The van der Waals surface area contributed by atoms with Gasteiger partial charge in [-0.1, -0.05) is 13.0 Å². The van der Waals surface area contributed by atoms with E-state index in [1.165, 1.54) is 6.07 Å². The highest BCUT2D eigenvalue weighted by Gasteiger charge is 2.10. The predicted octanol–water partition coefficient (Wildman–Crippen LogP) is 3.62. The maximum absolute atomic E-state index is 13.8. The van der Waals surface area contributed by atoms with Crippen molar-refractivity contribution >= 4 is 0 Å². The predicted molar refractivity (Wildman–Crippen MR) is 82.3 cm³/mol. The quantitative estimate of drug-likeness (QED) is 0.881. The van der Waals surface area contributed by atoms with Gasteiger partial charge in [0.2, 0.25) is 0 Å². The van der Waals surface area contributed by atoms with Crippen molar-refractivity contribution in [2.75, 3.05) is 20.8 Å². The molecule has 0 fully saturated rings. The van der Waals surface area contributed by atoms with Crippen LogP contribution in [0.1, 0.15) is 12.5 Å². The second-order valence-corrected chi connectivity index (χ2v) is 4.65. The number of nitrogens with one attached hydrogen (secondary N) is 1. The van der Waals surface area contributed by atoms with E-state index in [0.29, 0.717) is 17.9 Å². The summed E-state index contributed by atoms with van der Waals surface area (Å²) in [6.45, 7) is 3.30.